The molecule has 1 amide bonds. The smallest absolute Gasteiger partial charge is 0.260 e. The highest BCUT2D eigenvalue weighted by Gasteiger charge is 2.28. The van der Waals surface area contributed by atoms with Gasteiger partial charge in [-0.3, -0.25) is 9.69 Å². The zero-order valence-electron chi connectivity index (χ0n) is 16.9. The Hall–Kier alpha value is -2.16. The summed E-state index contributed by atoms with van der Waals surface area (Å²) >= 11 is 5.02. The second kappa shape index (κ2) is 9.32. The highest BCUT2D eigenvalue weighted by molar-refractivity contribution is 9.10. The third kappa shape index (κ3) is 4.31. The molecule has 1 aliphatic heterocycles. The van der Waals surface area contributed by atoms with Crippen molar-refractivity contribution in [2.24, 2.45) is 0 Å². The van der Waals surface area contributed by atoms with E-state index in [0.29, 0.717) is 39.8 Å². The van der Waals surface area contributed by atoms with Gasteiger partial charge in [0.25, 0.3) is 5.91 Å². The van der Waals surface area contributed by atoms with Gasteiger partial charge in [0, 0.05) is 12.2 Å². The van der Waals surface area contributed by atoms with E-state index in [1.807, 2.05) is 31.2 Å². The molecule has 1 aromatic heterocycles. The lowest BCUT2D eigenvalue weighted by atomic mass is 10.1. The first-order valence-electron chi connectivity index (χ1n) is 9.90. The Bertz CT molecular complexity index is 1020. The Balaban J connectivity index is 1.72. The molecule has 3 aromatic rings. The monoisotopic (exact) mass is 490 g/mol. The van der Waals surface area contributed by atoms with Gasteiger partial charge >= 0.3 is 0 Å². The number of carbonyl (C=O) groups excluding carboxylic acids is 1. The molecule has 0 aliphatic carbocycles. The van der Waals surface area contributed by atoms with E-state index in [0.717, 1.165) is 29.7 Å². The number of anilines is 1. The fraction of sp³-hybridized carbons (Fsp3) is 0.364. The van der Waals surface area contributed by atoms with Gasteiger partial charge in [-0.1, -0.05) is 23.5 Å². The summed E-state index contributed by atoms with van der Waals surface area (Å²) in [6.45, 7) is 3.60. The number of hydrogen-bond donors (Lipinski definition) is 0. The molecule has 0 spiro atoms. The van der Waals surface area contributed by atoms with Crippen LogP contribution in [0.25, 0.3) is 10.2 Å². The summed E-state index contributed by atoms with van der Waals surface area (Å²) in [6.07, 6.45) is 1.95. The normalized spacial score (nSPS) is 16.0. The van der Waals surface area contributed by atoms with E-state index in [1.165, 1.54) is 11.3 Å². The first kappa shape index (κ1) is 21.1. The maximum Gasteiger partial charge on any atom is 0.260 e. The van der Waals surface area contributed by atoms with Crippen molar-refractivity contribution in [2.75, 3.05) is 31.8 Å². The highest BCUT2D eigenvalue weighted by atomic mass is 79.9. The maximum absolute atomic E-state index is 13.6. The summed E-state index contributed by atoms with van der Waals surface area (Å²) in [5.41, 5.74) is 1.38. The number of carbonyl (C=O) groups is 1. The molecule has 6 nitrogen and oxygen atoms in total. The number of hydrogen-bond acceptors (Lipinski definition) is 6. The Morgan fingerprint density at radius 1 is 1.37 bits per heavy atom. The first-order valence-corrected chi connectivity index (χ1v) is 11.5. The van der Waals surface area contributed by atoms with E-state index in [4.69, 9.17) is 19.2 Å². The van der Waals surface area contributed by atoms with Gasteiger partial charge in [-0.15, -0.1) is 0 Å². The van der Waals surface area contributed by atoms with Crippen molar-refractivity contribution in [3.63, 3.8) is 0 Å². The molecule has 0 N–H and O–H groups in total. The van der Waals surface area contributed by atoms with Gasteiger partial charge < -0.3 is 14.2 Å². The average molecular weight is 491 g/mol. The van der Waals surface area contributed by atoms with Gasteiger partial charge in [0.1, 0.15) is 0 Å². The Kier molecular flexibility index (Phi) is 6.55. The number of nitrogens with zero attached hydrogens (tertiary/aromatic N) is 2. The summed E-state index contributed by atoms with van der Waals surface area (Å²) in [5.74, 6) is 0.949. The number of benzene rings is 2. The molecule has 1 atom stereocenters. The van der Waals surface area contributed by atoms with Crippen LogP contribution in [0.2, 0.25) is 0 Å². The summed E-state index contributed by atoms with van der Waals surface area (Å²) in [7, 11) is 1.57. The van der Waals surface area contributed by atoms with Crippen LogP contribution in [0, 0.1) is 0 Å². The van der Waals surface area contributed by atoms with E-state index in [-0.39, 0.29) is 12.0 Å². The second-order valence-corrected chi connectivity index (χ2v) is 8.80. The average Bonchev–Trinajstić information content (AvgIpc) is 3.42. The van der Waals surface area contributed by atoms with Gasteiger partial charge in [-0.2, -0.15) is 0 Å². The Morgan fingerprint density at radius 2 is 2.20 bits per heavy atom. The number of amides is 1. The molecule has 2 heterocycles. The summed E-state index contributed by atoms with van der Waals surface area (Å²) in [5, 5.41) is 0.667. The lowest BCUT2D eigenvalue weighted by Crippen LogP contribution is -2.37. The fourth-order valence-corrected chi connectivity index (χ4v) is 5.03. The lowest BCUT2D eigenvalue weighted by molar-refractivity contribution is 0.0917. The molecule has 2 aromatic carbocycles. The molecule has 1 unspecified atom stereocenters. The van der Waals surface area contributed by atoms with Gasteiger partial charge in [0.2, 0.25) is 0 Å². The van der Waals surface area contributed by atoms with Crippen LogP contribution >= 0.6 is 27.3 Å². The van der Waals surface area contributed by atoms with Crippen LogP contribution in [-0.4, -0.2) is 43.9 Å². The third-order valence-corrected chi connectivity index (χ3v) is 6.58. The largest absolute Gasteiger partial charge is 0.493 e. The van der Waals surface area contributed by atoms with E-state index in [9.17, 15) is 4.79 Å². The number of aromatic nitrogens is 1. The third-order valence-electron chi connectivity index (χ3n) is 4.93. The van der Waals surface area contributed by atoms with Crippen LogP contribution in [0.5, 0.6) is 11.5 Å². The number of rotatable bonds is 7. The highest BCUT2D eigenvalue weighted by Crippen LogP contribution is 2.38. The first-order chi connectivity index (χ1) is 14.6. The van der Waals surface area contributed by atoms with Crippen LogP contribution in [-0.2, 0) is 4.74 Å². The van der Waals surface area contributed by atoms with E-state index in [2.05, 4.69) is 15.9 Å². The minimum absolute atomic E-state index is 0.00833. The molecule has 30 heavy (non-hydrogen) atoms. The second-order valence-electron chi connectivity index (χ2n) is 6.94. The standard InChI is InChI=1S/C22H23BrN2O4S/c1-3-28-20-16(23)11-14(12-18(20)27-2)21(26)25(13-15-7-6-10-29-15)22-24-17-8-4-5-9-19(17)30-22/h4-5,8-9,11-12,15H,3,6-7,10,13H2,1-2H3. The molecule has 0 saturated carbocycles. The van der Waals surface area contributed by atoms with Crippen LogP contribution in [0.1, 0.15) is 30.1 Å². The number of fused-ring (bicyclic) bond motifs is 1. The number of thiazole rings is 1. The van der Waals surface area contributed by atoms with Crippen LogP contribution < -0.4 is 14.4 Å². The minimum Gasteiger partial charge on any atom is -0.493 e. The van der Waals surface area contributed by atoms with Crippen molar-refractivity contribution in [3.8, 4) is 11.5 Å². The molecule has 1 fully saturated rings. The molecule has 4 rings (SSSR count). The molecular formula is C22H23BrN2O4S. The molecular weight excluding hydrogens is 468 g/mol. The van der Waals surface area contributed by atoms with Crippen LogP contribution in [0.15, 0.2) is 40.9 Å². The Labute approximate surface area is 187 Å². The number of ether oxygens (including phenoxy) is 3. The van der Waals surface area contributed by atoms with E-state index < -0.39 is 0 Å². The number of methoxy groups -OCH3 is 1. The molecule has 0 bridgehead atoms. The van der Waals surface area contributed by atoms with E-state index in [1.54, 1.807) is 24.1 Å². The van der Waals surface area contributed by atoms with Gasteiger partial charge in [0.15, 0.2) is 16.6 Å². The van der Waals surface area contributed by atoms with Crippen molar-refractivity contribution in [2.45, 2.75) is 25.9 Å². The van der Waals surface area contributed by atoms with Gasteiger partial charge in [0.05, 0.1) is 41.1 Å². The number of para-hydroxylation sites is 1. The molecule has 8 heteroatoms. The van der Waals surface area contributed by atoms with Gasteiger partial charge in [-0.05, 0) is 60.0 Å². The summed E-state index contributed by atoms with van der Waals surface area (Å²) in [4.78, 5) is 20.1. The van der Waals surface area contributed by atoms with Crippen LogP contribution in [0.3, 0.4) is 0 Å². The van der Waals surface area contributed by atoms with Crippen LogP contribution in [0.4, 0.5) is 5.13 Å². The predicted octanol–water partition coefficient (Wildman–Crippen LogP) is 5.29. The number of halogens is 1. The lowest BCUT2D eigenvalue weighted by Gasteiger charge is -2.23. The molecule has 1 saturated heterocycles. The Morgan fingerprint density at radius 3 is 2.90 bits per heavy atom. The van der Waals surface area contributed by atoms with Crippen molar-refractivity contribution in [1.82, 2.24) is 4.98 Å². The molecule has 158 valence electrons. The topological polar surface area (TPSA) is 60.9 Å². The maximum atomic E-state index is 13.6. The van der Waals surface area contributed by atoms with Crippen molar-refractivity contribution < 1.29 is 19.0 Å². The van der Waals surface area contributed by atoms with Gasteiger partial charge in [-0.25, -0.2) is 4.98 Å². The van der Waals surface area contributed by atoms with E-state index >= 15 is 0 Å². The van der Waals surface area contributed by atoms with Crippen molar-refractivity contribution in [1.29, 1.82) is 0 Å². The summed E-state index contributed by atoms with van der Waals surface area (Å²) in [6, 6.07) is 11.4. The molecule has 1 aliphatic rings. The van der Waals surface area contributed by atoms with Crippen molar-refractivity contribution in [3.05, 3.63) is 46.4 Å². The fourth-order valence-electron chi connectivity index (χ4n) is 3.50. The zero-order chi connectivity index (χ0) is 21.1. The SMILES string of the molecule is CCOc1c(Br)cc(C(=O)N(CC2CCCO2)c2nc3ccccc3s2)cc1OC. The predicted molar refractivity (Wildman–Crippen MR) is 122 cm³/mol. The quantitative estimate of drug-likeness (QED) is 0.450. The zero-order valence-corrected chi connectivity index (χ0v) is 19.3. The summed E-state index contributed by atoms with van der Waals surface area (Å²) < 4.78 is 18.7. The van der Waals surface area contributed by atoms with Crippen molar-refractivity contribution >= 4 is 48.5 Å². The minimum atomic E-state index is -0.147. The molecule has 0 radical (unpaired) electrons.